The third kappa shape index (κ3) is 4.99. The summed E-state index contributed by atoms with van der Waals surface area (Å²) in [6.07, 6.45) is 5.21. The van der Waals surface area contributed by atoms with E-state index in [-0.39, 0.29) is 6.04 Å². The molecule has 2 aromatic heterocycles. The molecule has 4 aromatic rings. The minimum Gasteiger partial charge on any atom is -0.335 e. The number of benzene rings is 2. The number of carbonyl (C=O) groups is 2. The second kappa shape index (κ2) is 9.34. The third-order valence-corrected chi connectivity index (χ3v) is 6.09. The van der Waals surface area contributed by atoms with Gasteiger partial charge in [0.05, 0.1) is 11.0 Å². The molecule has 5 rings (SSSR count). The van der Waals surface area contributed by atoms with Gasteiger partial charge in [-0.25, -0.2) is 4.79 Å². The molecule has 3 amide bonds. The van der Waals surface area contributed by atoms with Gasteiger partial charge in [-0.1, -0.05) is 18.2 Å². The van der Waals surface area contributed by atoms with Gasteiger partial charge in [0.1, 0.15) is 0 Å². The van der Waals surface area contributed by atoms with E-state index in [4.69, 9.17) is 0 Å². The zero-order valence-corrected chi connectivity index (χ0v) is 18.2. The molecule has 1 fully saturated rings. The van der Waals surface area contributed by atoms with E-state index in [0.29, 0.717) is 5.56 Å². The number of carbonyl (C=O) groups excluding carboxylic acids is 2. The van der Waals surface area contributed by atoms with Crippen LogP contribution >= 0.6 is 0 Å². The molecule has 0 radical (unpaired) electrons. The molecule has 1 aliphatic heterocycles. The van der Waals surface area contributed by atoms with Crippen LogP contribution in [0.5, 0.6) is 0 Å². The number of fused-ring (bicyclic) bond motifs is 2. The van der Waals surface area contributed by atoms with Gasteiger partial charge in [-0.3, -0.25) is 25.0 Å². The number of likely N-dealkylation sites (tertiary alicyclic amines) is 1. The smallest absolute Gasteiger partial charge is 0.321 e. The Kier molecular flexibility index (Phi) is 5.95. The van der Waals surface area contributed by atoms with Crippen molar-refractivity contribution < 1.29 is 9.59 Å². The molecular weight excluding hydrogens is 414 g/mol. The number of rotatable bonds is 4. The van der Waals surface area contributed by atoms with Gasteiger partial charge >= 0.3 is 6.03 Å². The van der Waals surface area contributed by atoms with Gasteiger partial charge in [0, 0.05) is 54.4 Å². The Hall–Kier alpha value is -3.84. The molecule has 0 aliphatic carbocycles. The quantitative estimate of drug-likeness (QED) is 0.504. The molecule has 2 N–H and O–H groups in total. The van der Waals surface area contributed by atoms with Crippen LogP contribution in [0.2, 0.25) is 0 Å². The van der Waals surface area contributed by atoms with E-state index in [0.717, 1.165) is 54.3 Å². The van der Waals surface area contributed by atoms with Crippen LogP contribution < -0.4 is 10.6 Å². The standard InChI is InChI=1S/C26H25N5O2/c32-25(21-6-8-24-20(16-21)4-2-12-28-24)30-26(33)29-22-9-13-31(14-10-22)17-18-5-7-23-19(15-18)3-1-11-27-23/h1-8,11-12,15-16,22H,9-10,13-14,17H2,(H2,29,30,32,33). The van der Waals surface area contributed by atoms with Gasteiger partial charge in [-0.2, -0.15) is 0 Å². The maximum Gasteiger partial charge on any atom is 0.321 e. The van der Waals surface area contributed by atoms with Crippen LogP contribution in [-0.4, -0.2) is 45.9 Å². The minimum atomic E-state index is -0.452. The van der Waals surface area contributed by atoms with Crippen LogP contribution in [0.15, 0.2) is 73.1 Å². The van der Waals surface area contributed by atoms with E-state index in [1.807, 2.05) is 24.4 Å². The molecule has 0 spiro atoms. The first kappa shape index (κ1) is 21.0. The molecule has 7 heteroatoms. The molecule has 1 saturated heterocycles. The molecule has 0 unspecified atom stereocenters. The zero-order chi connectivity index (χ0) is 22.6. The normalized spacial score (nSPS) is 14.9. The summed E-state index contributed by atoms with van der Waals surface area (Å²) in [7, 11) is 0. The molecule has 1 aliphatic rings. The number of hydrogen-bond acceptors (Lipinski definition) is 5. The number of amides is 3. The predicted octanol–water partition coefficient (Wildman–Crippen LogP) is 3.89. The molecular formula is C26H25N5O2. The molecule has 2 aromatic carbocycles. The van der Waals surface area contributed by atoms with Crippen molar-refractivity contribution in [3.63, 3.8) is 0 Å². The number of aromatic nitrogens is 2. The van der Waals surface area contributed by atoms with E-state index in [9.17, 15) is 9.59 Å². The van der Waals surface area contributed by atoms with Crippen molar-refractivity contribution in [1.29, 1.82) is 0 Å². The monoisotopic (exact) mass is 439 g/mol. The topological polar surface area (TPSA) is 87.2 Å². The molecule has 166 valence electrons. The number of imide groups is 1. The molecule has 0 atom stereocenters. The predicted molar refractivity (Wildman–Crippen MR) is 128 cm³/mol. The highest BCUT2D eigenvalue weighted by Gasteiger charge is 2.22. The molecule has 33 heavy (non-hydrogen) atoms. The number of pyridine rings is 2. The summed E-state index contributed by atoms with van der Waals surface area (Å²) in [6, 6.07) is 18.9. The average Bonchev–Trinajstić information content (AvgIpc) is 2.85. The highest BCUT2D eigenvalue weighted by Crippen LogP contribution is 2.18. The van der Waals surface area contributed by atoms with Gasteiger partial charge in [-0.05, 0) is 60.9 Å². The fourth-order valence-corrected chi connectivity index (χ4v) is 4.33. The summed E-state index contributed by atoms with van der Waals surface area (Å²) in [4.78, 5) is 35.9. The van der Waals surface area contributed by atoms with Crippen LogP contribution in [-0.2, 0) is 6.54 Å². The lowest BCUT2D eigenvalue weighted by Gasteiger charge is -2.32. The Morgan fingerprint density at radius 1 is 0.879 bits per heavy atom. The second-order valence-corrected chi connectivity index (χ2v) is 8.42. The van der Waals surface area contributed by atoms with Crippen LogP contribution in [0.25, 0.3) is 21.8 Å². The van der Waals surface area contributed by atoms with E-state index >= 15 is 0 Å². The summed E-state index contributed by atoms with van der Waals surface area (Å²) in [5, 5.41) is 7.40. The van der Waals surface area contributed by atoms with Gasteiger partial charge in [0.25, 0.3) is 5.91 Å². The maximum absolute atomic E-state index is 12.5. The lowest BCUT2D eigenvalue weighted by molar-refractivity contribution is 0.0962. The van der Waals surface area contributed by atoms with Gasteiger partial charge in [-0.15, -0.1) is 0 Å². The highest BCUT2D eigenvalue weighted by atomic mass is 16.2. The number of hydrogen-bond donors (Lipinski definition) is 2. The van der Waals surface area contributed by atoms with Crippen molar-refractivity contribution in [3.8, 4) is 0 Å². The van der Waals surface area contributed by atoms with Crippen molar-refractivity contribution >= 4 is 33.7 Å². The first-order chi connectivity index (χ1) is 16.1. The fraction of sp³-hybridized carbons (Fsp3) is 0.231. The van der Waals surface area contributed by atoms with Gasteiger partial charge < -0.3 is 5.32 Å². The second-order valence-electron chi connectivity index (χ2n) is 8.42. The Morgan fingerprint density at radius 3 is 2.27 bits per heavy atom. The van der Waals surface area contributed by atoms with E-state index in [2.05, 4.69) is 49.8 Å². The van der Waals surface area contributed by atoms with Crippen molar-refractivity contribution in [2.75, 3.05) is 13.1 Å². The lowest BCUT2D eigenvalue weighted by Crippen LogP contribution is -2.49. The van der Waals surface area contributed by atoms with E-state index in [1.54, 1.807) is 24.4 Å². The van der Waals surface area contributed by atoms with Crippen LogP contribution in [0.3, 0.4) is 0 Å². The first-order valence-electron chi connectivity index (χ1n) is 11.2. The van der Waals surface area contributed by atoms with Crippen molar-refractivity contribution in [2.45, 2.75) is 25.4 Å². The number of nitrogens with zero attached hydrogens (tertiary/aromatic N) is 3. The number of urea groups is 1. The SMILES string of the molecule is O=C(NC(=O)c1ccc2ncccc2c1)NC1CCN(Cc2ccc3ncccc3c2)CC1. The first-order valence-corrected chi connectivity index (χ1v) is 11.2. The number of nitrogens with one attached hydrogen (secondary N) is 2. The highest BCUT2D eigenvalue weighted by molar-refractivity contribution is 6.05. The Bertz CT molecular complexity index is 1310. The van der Waals surface area contributed by atoms with Crippen molar-refractivity contribution in [3.05, 3.63) is 84.2 Å². The molecule has 3 heterocycles. The summed E-state index contributed by atoms with van der Waals surface area (Å²) in [5.74, 6) is -0.415. The third-order valence-electron chi connectivity index (χ3n) is 6.09. The summed E-state index contributed by atoms with van der Waals surface area (Å²) in [5.41, 5.74) is 3.51. The summed E-state index contributed by atoms with van der Waals surface area (Å²) < 4.78 is 0. The summed E-state index contributed by atoms with van der Waals surface area (Å²) in [6.45, 7) is 2.66. The molecule has 7 nitrogen and oxygen atoms in total. The lowest BCUT2D eigenvalue weighted by atomic mass is 10.0. The fourth-order valence-electron chi connectivity index (χ4n) is 4.33. The maximum atomic E-state index is 12.5. The van der Waals surface area contributed by atoms with E-state index < -0.39 is 11.9 Å². The largest absolute Gasteiger partial charge is 0.335 e. The Balaban J connectivity index is 1.11. The van der Waals surface area contributed by atoms with Crippen molar-refractivity contribution in [2.24, 2.45) is 0 Å². The van der Waals surface area contributed by atoms with Gasteiger partial charge in [0.15, 0.2) is 0 Å². The van der Waals surface area contributed by atoms with Crippen molar-refractivity contribution in [1.82, 2.24) is 25.5 Å². The van der Waals surface area contributed by atoms with Crippen LogP contribution in [0.1, 0.15) is 28.8 Å². The van der Waals surface area contributed by atoms with Crippen LogP contribution in [0, 0.1) is 0 Å². The molecule has 0 bridgehead atoms. The minimum absolute atomic E-state index is 0.0515. The Labute approximate surface area is 191 Å². The van der Waals surface area contributed by atoms with E-state index in [1.165, 1.54) is 5.56 Å². The Morgan fingerprint density at radius 2 is 1.55 bits per heavy atom. The molecule has 0 saturated carbocycles. The summed E-state index contributed by atoms with van der Waals surface area (Å²) >= 11 is 0. The average molecular weight is 440 g/mol. The number of piperidine rings is 1. The zero-order valence-electron chi connectivity index (χ0n) is 18.2. The van der Waals surface area contributed by atoms with Gasteiger partial charge in [0.2, 0.25) is 0 Å². The van der Waals surface area contributed by atoms with Crippen LogP contribution in [0.4, 0.5) is 4.79 Å².